The maximum absolute atomic E-state index is 13.0. The van der Waals surface area contributed by atoms with E-state index in [1.807, 2.05) is 50.6 Å². The summed E-state index contributed by atoms with van der Waals surface area (Å²) in [5.74, 6) is 0.724. The third-order valence-corrected chi connectivity index (χ3v) is 7.64. The Morgan fingerprint density at radius 2 is 1.71 bits per heavy atom. The molecule has 0 atom stereocenters. The lowest BCUT2D eigenvalue weighted by atomic mass is 9.97. The zero-order valence-corrected chi connectivity index (χ0v) is 20.2. The quantitative estimate of drug-likeness (QED) is 0.749. The molecule has 31 heavy (non-hydrogen) atoms. The second kappa shape index (κ2) is 8.74. The first-order valence-electron chi connectivity index (χ1n) is 10.9. The van der Waals surface area contributed by atoms with E-state index in [2.05, 4.69) is 24.3 Å². The van der Waals surface area contributed by atoms with Gasteiger partial charge in [-0.3, -0.25) is 4.79 Å². The van der Waals surface area contributed by atoms with Gasteiger partial charge in [0.15, 0.2) is 0 Å². The van der Waals surface area contributed by atoms with E-state index in [-0.39, 0.29) is 17.4 Å². The molecule has 1 aliphatic rings. The van der Waals surface area contributed by atoms with E-state index in [0.717, 1.165) is 11.3 Å². The number of hydrogen-bond donors (Lipinski definition) is 1. The van der Waals surface area contributed by atoms with E-state index in [1.165, 1.54) is 4.31 Å². The van der Waals surface area contributed by atoms with Gasteiger partial charge in [-0.15, -0.1) is 0 Å². The third-order valence-electron chi connectivity index (χ3n) is 5.73. The Morgan fingerprint density at radius 3 is 2.23 bits per heavy atom. The van der Waals surface area contributed by atoms with E-state index in [9.17, 15) is 13.2 Å². The van der Waals surface area contributed by atoms with Crippen molar-refractivity contribution < 1.29 is 13.2 Å². The van der Waals surface area contributed by atoms with Crippen LogP contribution in [0, 0.1) is 12.8 Å². The number of carbonyl (C=O) groups is 1. The topological polar surface area (TPSA) is 84.3 Å². The first-order valence-corrected chi connectivity index (χ1v) is 12.3. The normalized spacial score (nSPS) is 16.6. The van der Waals surface area contributed by atoms with Crippen molar-refractivity contribution in [3.63, 3.8) is 0 Å². The number of hydrogen-bond acceptors (Lipinski definition) is 4. The molecule has 3 rings (SSSR count). The van der Waals surface area contributed by atoms with Crippen LogP contribution in [0.2, 0.25) is 0 Å². The van der Waals surface area contributed by atoms with Crippen LogP contribution in [0.4, 0.5) is 5.82 Å². The summed E-state index contributed by atoms with van der Waals surface area (Å²) < 4.78 is 29.3. The van der Waals surface area contributed by atoms with Crippen LogP contribution in [0.15, 0.2) is 35.2 Å². The molecule has 1 aromatic heterocycles. The summed E-state index contributed by atoms with van der Waals surface area (Å²) >= 11 is 0. The molecule has 2 heterocycles. The highest BCUT2D eigenvalue weighted by molar-refractivity contribution is 7.89. The highest BCUT2D eigenvalue weighted by Gasteiger charge is 2.33. The molecule has 0 bridgehead atoms. The molecule has 7 nitrogen and oxygen atoms in total. The van der Waals surface area contributed by atoms with Crippen LogP contribution in [0.1, 0.15) is 64.6 Å². The van der Waals surface area contributed by atoms with E-state index >= 15 is 0 Å². The number of nitrogens with zero attached hydrogens (tertiary/aromatic N) is 3. The molecule has 1 fully saturated rings. The molecule has 0 aliphatic carbocycles. The lowest BCUT2D eigenvalue weighted by molar-refractivity contribution is -0.121. The van der Waals surface area contributed by atoms with Crippen LogP contribution >= 0.6 is 0 Å². The van der Waals surface area contributed by atoms with Gasteiger partial charge in [-0.05, 0) is 64.2 Å². The molecule has 8 heteroatoms. The van der Waals surface area contributed by atoms with E-state index < -0.39 is 10.0 Å². The highest BCUT2D eigenvalue weighted by Crippen LogP contribution is 2.27. The summed E-state index contributed by atoms with van der Waals surface area (Å²) in [5.41, 5.74) is 1.70. The van der Waals surface area contributed by atoms with Gasteiger partial charge in [0.25, 0.3) is 0 Å². The maximum Gasteiger partial charge on any atom is 0.243 e. The van der Waals surface area contributed by atoms with Crippen molar-refractivity contribution in [3.8, 4) is 0 Å². The Hall–Kier alpha value is -2.19. The van der Waals surface area contributed by atoms with Gasteiger partial charge in [-0.25, -0.2) is 13.1 Å². The van der Waals surface area contributed by atoms with Gasteiger partial charge in [-0.1, -0.05) is 26.0 Å². The minimum Gasteiger partial charge on any atom is -0.311 e. The molecular formula is C23H34N4O3S. The van der Waals surface area contributed by atoms with Gasteiger partial charge in [0.05, 0.1) is 16.1 Å². The first kappa shape index (κ1) is 23.5. The number of amides is 1. The lowest BCUT2D eigenvalue weighted by Crippen LogP contribution is -2.41. The Labute approximate surface area is 185 Å². The Kier molecular flexibility index (Phi) is 6.62. The zero-order chi connectivity index (χ0) is 23.0. The SMILES string of the molecule is Cc1cc(NC(=O)C2CCN(S(=O)(=O)c3ccc(C(C)C)cc3)CC2)n(C(C)(C)C)n1. The Balaban J connectivity index is 1.64. The smallest absolute Gasteiger partial charge is 0.243 e. The van der Waals surface area contributed by atoms with Gasteiger partial charge in [0, 0.05) is 25.1 Å². The molecule has 1 N–H and O–H groups in total. The summed E-state index contributed by atoms with van der Waals surface area (Å²) in [4.78, 5) is 13.2. The van der Waals surface area contributed by atoms with Crippen molar-refractivity contribution in [2.45, 2.75) is 70.7 Å². The summed E-state index contributed by atoms with van der Waals surface area (Å²) in [6.45, 7) is 12.8. The van der Waals surface area contributed by atoms with Crippen LogP contribution in [0.5, 0.6) is 0 Å². The molecule has 1 amide bonds. The summed E-state index contributed by atoms with van der Waals surface area (Å²) in [6.07, 6.45) is 0.996. The van der Waals surface area contributed by atoms with Gasteiger partial charge in [-0.2, -0.15) is 9.40 Å². The van der Waals surface area contributed by atoms with Gasteiger partial charge in [0.2, 0.25) is 15.9 Å². The lowest BCUT2D eigenvalue weighted by Gasteiger charge is -2.31. The number of aromatic nitrogens is 2. The van der Waals surface area contributed by atoms with Crippen LogP contribution in [0.3, 0.4) is 0 Å². The fourth-order valence-corrected chi connectivity index (χ4v) is 5.33. The highest BCUT2D eigenvalue weighted by atomic mass is 32.2. The van der Waals surface area contributed by atoms with Crippen LogP contribution < -0.4 is 5.32 Å². The van der Waals surface area contributed by atoms with Crippen molar-refractivity contribution in [1.82, 2.24) is 14.1 Å². The average Bonchev–Trinajstić information content (AvgIpc) is 3.08. The Morgan fingerprint density at radius 1 is 1.13 bits per heavy atom. The van der Waals surface area contributed by atoms with Crippen molar-refractivity contribution in [2.75, 3.05) is 18.4 Å². The fourth-order valence-electron chi connectivity index (χ4n) is 3.86. The molecule has 0 unspecified atom stereocenters. The maximum atomic E-state index is 13.0. The molecule has 1 aliphatic heterocycles. The van der Waals surface area contributed by atoms with E-state index in [4.69, 9.17) is 0 Å². The standard InChI is InChI=1S/C23H34N4O3S/c1-16(2)18-7-9-20(10-8-18)31(29,30)26-13-11-19(12-14-26)22(28)24-21-15-17(3)25-27(21)23(4,5)6/h7-10,15-16,19H,11-14H2,1-6H3,(H,24,28). The molecule has 170 valence electrons. The molecular weight excluding hydrogens is 412 g/mol. The van der Waals surface area contributed by atoms with E-state index in [0.29, 0.717) is 42.6 Å². The van der Waals surface area contributed by atoms with Crippen LogP contribution in [0.25, 0.3) is 0 Å². The van der Waals surface area contributed by atoms with Gasteiger partial charge >= 0.3 is 0 Å². The third kappa shape index (κ3) is 5.18. The summed E-state index contributed by atoms with van der Waals surface area (Å²) in [5, 5.41) is 7.49. The summed E-state index contributed by atoms with van der Waals surface area (Å²) in [6, 6.07) is 8.97. The number of benzene rings is 1. The van der Waals surface area contributed by atoms with Crippen molar-refractivity contribution >= 4 is 21.7 Å². The second-order valence-electron chi connectivity index (χ2n) is 9.64. The molecule has 0 radical (unpaired) electrons. The largest absolute Gasteiger partial charge is 0.311 e. The molecule has 1 aromatic carbocycles. The fraction of sp³-hybridized carbons (Fsp3) is 0.565. The van der Waals surface area contributed by atoms with Crippen LogP contribution in [-0.4, -0.2) is 41.5 Å². The van der Waals surface area contributed by atoms with Crippen molar-refractivity contribution in [3.05, 3.63) is 41.6 Å². The number of nitrogens with one attached hydrogen (secondary N) is 1. The Bertz CT molecular complexity index is 1030. The predicted molar refractivity (Wildman–Crippen MR) is 123 cm³/mol. The summed E-state index contributed by atoms with van der Waals surface area (Å²) in [7, 11) is -3.55. The zero-order valence-electron chi connectivity index (χ0n) is 19.3. The monoisotopic (exact) mass is 446 g/mol. The predicted octanol–water partition coefficient (Wildman–Crippen LogP) is 4.11. The molecule has 0 spiro atoms. The van der Waals surface area contributed by atoms with Crippen molar-refractivity contribution in [2.24, 2.45) is 5.92 Å². The molecule has 0 saturated carbocycles. The van der Waals surface area contributed by atoms with E-state index in [1.54, 1.807) is 12.1 Å². The van der Waals surface area contributed by atoms with Crippen molar-refractivity contribution in [1.29, 1.82) is 0 Å². The minimum absolute atomic E-state index is 0.0799. The first-order chi connectivity index (χ1) is 14.4. The number of rotatable bonds is 5. The molecule has 1 saturated heterocycles. The minimum atomic E-state index is -3.55. The molecule has 2 aromatic rings. The average molecular weight is 447 g/mol. The number of anilines is 1. The number of aryl methyl sites for hydroxylation is 1. The van der Waals surface area contributed by atoms with Gasteiger partial charge in [0.1, 0.15) is 5.82 Å². The van der Waals surface area contributed by atoms with Gasteiger partial charge < -0.3 is 5.32 Å². The van der Waals surface area contributed by atoms with Crippen LogP contribution in [-0.2, 0) is 20.4 Å². The number of piperidine rings is 1. The number of carbonyl (C=O) groups excluding carboxylic acids is 1. The second-order valence-corrected chi connectivity index (χ2v) is 11.6. The number of sulfonamides is 1.